The quantitative estimate of drug-likeness (QED) is 0.0589. The smallest absolute Gasteiger partial charge is 0.333 e. The first-order chi connectivity index (χ1) is 28.6. The molecular formula is C40H50N2O16S4. The number of unbranched alkanes of at least 4 members (excludes halogenated alkanes) is 2. The van der Waals surface area contributed by atoms with Gasteiger partial charge in [-0.3, -0.25) is 27.8 Å². The summed E-state index contributed by atoms with van der Waals surface area (Å²) in [6, 6.07) is 7.70. The minimum atomic E-state index is -4.66. The molecule has 4 N–H and O–H groups in total. The van der Waals surface area contributed by atoms with Crippen LogP contribution in [0.2, 0.25) is 0 Å². The van der Waals surface area contributed by atoms with Crippen molar-refractivity contribution >= 4 is 69.5 Å². The van der Waals surface area contributed by atoms with Crippen molar-refractivity contribution in [2.45, 2.75) is 112 Å². The van der Waals surface area contributed by atoms with Crippen molar-refractivity contribution in [1.29, 1.82) is 0 Å². The van der Waals surface area contributed by atoms with E-state index < -0.39 is 86.6 Å². The van der Waals surface area contributed by atoms with Crippen LogP contribution in [0, 0.1) is 0 Å². The molecule has 2 aromatic carbocycles. The molecule has 1 aliphatic carbocycles. The molecule has 340 valence electrons. The predicted molar refractivity (Wildman–Crippen MR) is 226 cm³/mol. The number of hydroxylamine groups is 2. The predicted octanol–water partition coefficient (Wildman–Crippen LogP) is 4.99. The summed E-state index contributed by atoms with van der Waals surface area (Å²) < 4.78 is 134. The van der Waals surface area contributed by atoms with Gasteiger partial charge in [-0.15, -0.1) is 5.06 Å². The zero-order chi connectivity index (χ0) is 46.1. The Morgan fingerprint density at radius 2 is 1.34 bits per heavy atom. The van der Waals surface area contributed by atoms with Crippen molar-refractivity contribution in [3.05, 3.63) is 83.0 Å². The average molecular weight is 943 g/mol. The van der Waals surface area contributed by atoms with Gasteiger partial charge in [0.05, 0.1) is 27.3 Å². The lowest BCUT2D eigenvalue weighted by atomic mass is 9.74. The molecule has 0 spiro atoms. The van der Waals surface area contributed by atoms with Crippen LogP contribution < -0.4 is 4.90 Å². The van der Waals surface area contributed by atoms with Gasteiger partial charge in [-0.05, 0) is 90.3 Å². The minimum Gasteiger partial charge on any atom is -0.364 e. The van der Waals surface area contributed by atoms with Crippen LogP contribution in [0.4, 0.5) is 5.69 Å². The van der Waals surface area contributed by atoms with Crippen molar-refractivity contribution in [3.8, 4) is 0 Å². The van der Waals surface area contributed by atoms with Gasteiger partial charge in [-0.2, -0.15) is 33.7 Å². The summed E-state index contributed by atoms with van der Waals surface area (Å²) in [6.07, 6.45) is 8.58. The lowest BCUT2D eigenvalue weighted by molar-refractivity contribution is -0.197. The normalized spacial score (nSPS) is 20.5. The monoisotopic (exact) mass is 942 g/mol. The molecule has 1 fully saturated rings. The topological polar surface area (TPSA) is 284 Å². The number of benzene rings is 2. The molecule has 2 atom stereocenters. The summed E-state index contributed by atoms with van der Waals surface area (Å²) in [6.45, 7) is 5.69. The zero-order valence-corrected chi connectivity index (χ0v) is 37.5. The van der Waals surface area contributed by atoms with Crippen LogP contribution in [0.1, 0.15) is 102 Å². The number of allylic oxidation sites excluding steroid dienone is 5. The van der Waals surface area contributed by atoms with Crippen LogP contribution in [0.3, 0.4) is 0 Å². The third kappa shape index (κ3) is 11.4. The Morgan fingerprint density at radius 3 is 1.94 bits per heavy atom. The number of hydrogen-bond donors (Lipinski definition) is 4. The molecule has 0 radical (unpaired) electrons. The fourth-order valence-corrected chi connectivity index (χ4v) is 10.5. The summed E-state index contributed by atoms with van der Waals surface area (Å²) in [4.78, 5) is 42.3. The first-order valence-corrected chi connectivity index (χ1v) is 25.8. The van der Waals surface area contributed by atoms with Crippen molar-refractivity contribution in [1.82, 2.24) is 5.06 Å². The molecule has 2 aliphatic heterocycles. The van der Waals surface area contributed by atoms with Gasteiger partial charge in [-0.25, -0.2) is 4.79 Å². The first-order valence-electron chi connectivity index (χ1n) is 19.7. The third-order valence-electron chi connectivity index (χ3n) is 11.5. The van der Waals surface area contributed by atoms with Gasteiger partial charge in [0.1, 0.15) is 0 Å². The summed E-state index contributed by atoms with van der Waals surface area (Å²) in [5.74, 6) is -3.05. The van der Waals surface area contributed by atoms with E-state index in [1.54, 1.807) is 18.2 Å². The highest BCUT2D eigenvalue weighted by molar-refractivity contribution is 7.86. The van der Waals surface area contributed by atoms with Gasteiger partial charge in [0.25, 0.3) is 52.3 Å². The van der Waals surface area contributed by atoms with E-state index >= 15 is 0 Å². The molecule has 0 saturated carbocycles. The number of imide groups is 1. The average Bonchev–Trinajstić information content (AvgIpc) is 3.67. The number of anilines is 1. The molecule has 62 heavy (non-hydrogen) atoms. The summed E-state index contributed by atoms with van der Waals surface area (Å²) >= 11 is 0. The molecule has 3 aliphatic rings. The molecule has 22 heteroatoms. The molecule has 2 heterocycles. The molecule has 2 aromatic rings. The maximum atomic E-state index is 12.4. The Kier molecular flexibility index (Phi) is 14.5. The van der Waals surface area contributed by atoms with Gasteiger partial charge in [0, 0.05) is 42.3 Å². The maximum Gasteiger partial charge on any atom is 0.333 e. The van der Waals surface area contributed by atoms with Gasteiger partial charge in [-0.1, -0.05) is 64.0 Å². The summed E-state index contributed by atoms with van der Waals surface area (Å²) in [5.41, 5.74) is 1.81. The Hall–Kier alpha value is -4.29. The fourth-order valence-electron chi connectivity index (χ4n) is 8.49. The maximum absolute atomic E-state index is 12.4. The van der Waals surface area contributed by atoms with Crippen molar-refractivity contribution in [2.24, 2.45) is 0 Å². The van der Waals surface area contributed by atoms with Gasteiger partial charge in [0.15, 0.2) is 0 Å². The SMILES string of the molecule is CC1(CCCCCC(=O)ON2C(=O)CCC2=O)C(/C=C/C=C/C2N(CCCS(=O)(=O)O)c3ccc(S(=O)(=O)O)cc3C2(C)C)=C(CCCS(=O)(=O)O)c2ccc(S(=O)(=O)O)cc21. The Labute approximate surface area is 361 Å². The summed E-state index contributed by atoms with van der Waals surface area (Å²) in [5, 5.41) is 0.473. The van der Waals surface area contributed by atoms with Crippen molar-refractivity contribution < 1.29 is 71.1 Å². The van der Waals surface area contributed by atoms with Crippen LogP contribution in [0.25, 0.3) is 5.57 Å². The fraction of sp³-hybridized carbons (Fsp3) is 0.475. The van der Waals surface area contributed by atoms with E-state index in [1.165, 1.54) is 36.4 Å². The Morgan fingerprint density at radius 1 is 0.758 bits per heavy atom. The number of hydrogen-bond acceptors (Lipinski definition) is 13. The van der Waals surface area contributed by atoms with Crippen LogP contribution in [-0.4, -0.2) is 98.8 Å². The van der Waals surface area contributed by atoms with Crippen LogP contribution in [-0.2, 0) is 70.5 Å². The van der Waals surface area contributed by atoms with E-state index in [4.69, 9.17) is 4.84 Å². The standard InChI is InChI=1S/C40H50N2O16S4/c1-39(2)33-26-28(62(55,56)57)16-18-34(33)41(22-10-24-60(49,50)51)35(39)13-7-6-12-31-29(11-9-23-59(46,47)48)30-17-15-27(61(52,53)54)25-32(30)40(31,3)21-8-4-5-14-38(45)58-42-36(43)19-20-37(42)44/h6-7,12-13,15-18,25-26,35H,4-5,8-11,14,19-24H2,1-3H3,(H,46,47,48)(H,49,50,51)(H,52,53,54)(H,55,56,57)/b12-6+,13-7+. The molecular weight excluding hydrogens is 893 g/mol. The zero-order valence-electron chi connectivity index (χ0n) is 34.3. The second-order valence-electron chi connectivity index (χ2n) is 16.3. The highest BCUT2D eigenvalue weighted by atomic mass is 32.2. The molecule has 2 unspecified atom stereocenters. The second kappa shape index (κ2) is 18.4. The number of rotatable bonds is 20. The molecule has 5 rings (SSSR count). The number of carbonyl (C=O) groups is 3. The minimum absolute atomic E-state index is 0.000356. The number of carbonyl (C=O) groups excluding carboxylic acids is 3. The van der Waals surface area contributed by atoms with E-state index in [0.29, 0.717) is 64.3 Å². The molecule has 2 amide bonds. The third-order valence-corrected chi connectivity index (χ3v) is 14.8. The highest BCUT2D eigenvalue weighted by Gasteiger charge is 2.44. The highest BCUT2D eigenvalue weighted by Crippen LogP contribution is 2.52. The largest absolute Gasteiger partial charge is 0.364 e. The van der Waals surface area contributed by atoms with Crippen LogP contribution >= 0.6 is 0 Å². The first kappa shape index (κ1) is 48.7. The van der Waals surface area contributed by atoms with E-state index in [1.807, 2.05) is 31.7 Å². The second-order valence-corrected chi connectivity index (χ2v) is 22.3. The van der Waals surface area contributed by atoms with E-state index in [2.05, 4.69) is 0 Å². The van der Waals surface area contributed by atoms with Crippen LogP contribution in [0.15, 0.2) is 76.1 Å². The number of amides is 2. The molecule has 18 nitrogen and oxygen atoms in total. The van der Waals surface area contributed by atoms with Gasteiger partial charge >= 0.3 is 5.97 Å². The number of nitrogens with zero attached hydrogens (tertiary/aromatic N) is 2. The molecule has 0 bridgehead atoms. The Bertz CT molecular complexity index is 2650. The van der Waals surface area contributed by atoms with Gasteiger partial charge in [0.2, 0.25) is 0 Å². The van der Waals surface area contributed by atoms with Gasteiger partial charge < -0.3 is 9.74 Å². The van der Waals surface area contributed by atoms with E-state index in [0.717, 1.165) is 0 Å². The Balaban J connectivity index is 1.48. The van der Waals surface area contributed by atoms with E-state index in [-0.39, 0.29) is 54.9 Å². The number of fused-ring (bicyclic) bond motifs is 2. The lowest BCUT2D eigenvalue weighted by Gasteiger charge is -2.32. The van der Waals surface area contributed by atoms with E-state index in [9.17, 15) is 66.3 Å². The lowest BCUT2D eigenvalue weighted by Crippen LogP contribution is -2.40. The van der Waals surface area contributed by atoms with Crippen LogP contribution in [0.5, 0.6) is 0 Å². The van der Waals surface area contributed by atoms with Crippen molar-refractivity contribution in [2.75, 3.05) is 23.0 Å². The van der Waals surface area contributed by atoms with Crippen molar-refractivity contribution in [3.63, 3.8) is 0 Å². The molecule has 0 aromatic heterocycles. The molecule has 1 saturated heterocycles. The summed E-state index contributed by atoms with van der Waals surface area (Å²) in [7, 11) is -17.9.